The molecule has 2 heterocycles. The molecule has 1 aromatic rings. The second-order valence-electron chi connectivity index (χ2n) is 6.41. The molecule has 0 radical (unpaired) electrons. The Morgan fingerprint density at radius 3 is 2.67 bits per heavy atom. The van der Waals surface area contributed by atoms with Gasteiger partial charge in [-0.25, -0.2) is 0 Å². The van der Waals surface area contributed by atoms with E-state index in [2.05, 4.69) is 10.9 Å². The Labute approximate surface area is 140 Å². The number of nitrogens with one attached hydrogen (secondary N) is 2. The van der Waals surface area contributed by atoms with E-state index in [0.29, 0.717) is 12.2 Å². The van der Waals surface area contributed by atoms with Crippen LogP contribution in [0.4, 0.5) is 0 Å². The van der Waals surface area contributed by atoms with Gasteiger partial charge in [-0.1, -0.05) is 18.2 Å². The average molecular weight is 334 g/mol. The van der Waals surface area contributed by atoms with E-state index in [1.807, 2.05) is 19.9 Å². The van der Waals surface area contributed by atoms with Crippen LogP contribution in [0.15, 0.2) is 30.3 Å². The standard InChI is InChI=1S/C17H22N2O5/c1-17(2)23-12-8-9-22-13(15(12)24-17)10-14(20)18-19-16(21)11-6-4-3-5-7-11/h3-7,12-13,15H,8-10H2,1-2H3,(H,18,20)(H,19,21)/t12-,13-,15-/m1/s1. The van der Waals surface area contributed by atoms with Gasteiger partial charge in [-0.05, 0) is 32.4 Å². The van der Waals surface area contributed by atoms with Crippen molar-refractivity contribution in [1.29, 1.82) is 0 Å². The number of hydrazine groups is 1. The van der Waals surface area contributed by atoms with Crippen LogP contribution in [-0.2, 0) is 19.0 Å². The van der Waals surface area contributed by atoms with E-state index in [1.54, 1.807) is 24.3 Å². The zero-order chi connectivity index (χ0) is 17.2. The van der Waals surface area contributed by atoms with Crippen molar-refractivity contribution in [2.75, 3.05) is 6.61 Å². The molecule has 0 saturated carbocycles. The molecule has 2 aliphatic heterocycles. The van der Waals surface area contributed by atoms with Crippen LogP contribution in [0.25, 0.3) is 0 Å². The lowest BCUT2D eigenvalue weighted by molar-refractivity contribution is -0.156. The van der Waals surface area contributed by atoms with E-state index in [0.717, 1.165) is 6.42 Å². The van der Waals surface area contributed by atoms with Crippen molar-refractivity contribution >= 4 is 11.8 Å². The Kier molecular flexibility index (Phi) is 4.84. The molecule has 7 nitrogen and oxygen atoms in total. The highest BCUT2D eigenvalue weighted by Crippen LogP contribution is 2.35. The smallest absolute Gasteiger partial charge is 0.269 e. The molecule has 1 aromatic carbocycles. The van der Waals surface area contributed by atoms with Crippen LogP contribution < -0.4 is 10.9 Å². The average Bonchev–Trinajstić information content (AvgIpc) is 2.88. The van der Waals surface area contributed by atoms with Crippen molar-refractivity contribution in [2.45, 2.75) is 50.8 Å². The molecule has 0 bridgehead atoms. The lowest BCUT2D eigenvalue weighted by Crippen LogP contribution is -2.48. The number of carbonyl (C=O) groups is 2. The van der Waals surface area contributed by atoms with Gasteiger partial charge < -0.3 is 14.2 Å². The van der Waals surface area contributed by atoms with E-state index >= 15 is 0 Å². The van der Waals surface area contributed by atoms with E-state index < -0.39 is 5.79 Å². The summed E-state index contributed by atoms with van der Waals surface area (Å²) in [5, 5.41) is 0. The van der Waals surface area contributed by atoms with Crippen LogP contribution in [0, 0.1) is 0 Å². The minimum absolute atomic E-state index is 0.0644. The molecule has 7 heteroatoms. The quantitative estimate of drug-likeness (QED) is 0.810. The first-order valence-electron chi connectivity index (χ1n) is 8.06. The van der Waals surface area contributed by atoms with Gasteiger partial charge in [0, 0.05) is 12.2 Å². The van der Waals surface area contributed by atoms with Crippen LogP contribution >= 0.6 is 0 Å². The molecule has 24 heavy (non-hydrogen) atoms. The topological polar surface area (TPSA) is 85.9 Å². The molecule has 0 spiro atoms. The molecule has 2 fully saturated rings. The van der Waals surface area contributed by atoms with E-state index in [-0.39, 0.29) is 36.5 Å². The predicted octanol–water partition coefficient (Wildman–Crippen LogP) is 1.15. The molecule has 0 aromatic heterocycles. The molecule has 3 rings (SSSR count). The Morgan fingerprint density at radius 2 is 1.92 bits per heavy atom. The van der Waals surface area contributed by atoms with Crippen molar-refractivity contribution < 1.29 is 23.8 Å². The Balaban J connectivity index is 1.50. The summed E-state index contributed by atoms with van der Waals surface area (Å²) < 4.78 is 17.3. The van der Waals surface area contributed by atoms with Crippen molar-refractivity contribution in [3.63, 3.8) is 0 Å². The molecular weight excluding hydrogens is 312 g/mol. The Bertz CT molecular complexity index is 604. The Morgan fingerprint density at radius 1 is 1.17 bits per heavy atom. The van der Waals surface area contributed by atoms with Crippen LogP contribution in [0.2, 0.25) is 0 Å². The second-order valence-corrected chi connectivity index (χ2v) is 6.41. The molecule has 2 aliphatic rings. The number of rotatable bonds is 3. The zero-order valence-electron chi connectivity index (χ0n) is 13.8. The normalized spacial score (nSPS) is 28.0. The first kappa shape index (κ1) is 16.9. The second kappa shape index (κ2) is 6.88. The summed E-state index contributed by atoms with van der Waals surface area (Å²) in [5.74, 6) is -1.37. The fourth-order valence-electron chi connectivity index (χ4n) is 3.03. The largest absolute Gasteiger partial charge is 0.375 e. The summed E-state index contributed by atoms with van der Waals surface area (Å²) in [6, 6.07) is 8.67. The van der Waals surface area contributed by atoms with Gasteiger partial charge in [0.1, 0.15) is 6.10 Å². The first-order chi connectivity index (χ1) is 11.4. The summed E-state index contributed by atoms with van der Waals surface area (Å²) in [4.78, 5) is 24.0. The van der Waals surface area contributed by atoms with Gasteiger partial charge in [-0.15, -0.1) is 0 Å². The summed E-state index contributed by atoms with van der Waals surface area (Å²) in [7, 11) is 0. The summed E-state index contributed by atoms with van der Waals surface area (Å²) in [6.45, 7) is 4.22. The minimum atomic E-state index is -0.667. The van der Waals surface area contributed by atoms with Crippen molar-refractivity contribution in [3.05, 3.63) is 35.9 Å². The third kappa shape index (κ3) is 3.92. The molecular formula is C17H22N2O5. The number of hydrogen-bond acceptors (Lipinski definition) is 5. The third-order valence-electron chi connectivity index (χ3n) is 4.06. The molecule has 0 unspecified atom stereocenters. The molecule has 2 saturated heterocycles. The van der Waals surface area contributed by atoms with Crippen LogP contribution in [0.3, 0.4) is 0 Å². The minimum Gasteiger partial charge on any atom is -0.375 e. The maximum absolute atomic E-state index is 12.1. The summed E-state index contributed by atoms with van der Waals surface area (Å²) in [6.07, 6.45) is 0.112. The zero-order valence-corrected chi connectivity index (χ0v) is 13.8. The lowest BCUT2D eigenvalue weighted by atomic mass is 10.00. The maximum atomic E-state index is 12.1. The van der Waals surface area contributed by atoms with Crippen molar-refractivity contribution in [2.24, 2.45) is 0 Å². The van der Waals surface area contributed by atoms with Gasteiger partial charge in [0.25, 0.3) is 5.91 Å². The number of ether oxygens (including phenoxy) is 3. The van der Waals surface area contributed by atoms with Gasteiger partial charge in [0.2, 0.25) is 5.91 Å². The van der Waals surface area contributed by atoms with Gasteiger partial charge in [-0.2, -0.15) is 0 Å². The summed E-state index contributed by atoms with van der Waals surface area (Å²) in [5.41, 5.74) is 5.29. The highest BCUT2D eigenvalue weighted by atomic mass is 16.8. The van der Waals surface area contributed by atoms with Gasteiger partial charge in [0.15, 0.2) is 5.79 Å². The fraction of sp³-hybridized carbons (Fsp3) is 0.529. The number of carbonyl (C=O) groups excluding carboxylic acids is 2. The molecule has 3 atom stereocenters. The third-order valence-corrected chi connectivity index (χ3v) is 4.06. The fourth-order valence-corrected chi connectivity index (χ4v) is 3.03. The lowest BCUT2D eigenvalue weighted by Gasteiger charge is -2.31. The van der Waals surface area contributed by atoms with E-state index in [1.165, 1.54) is 0 Å². The Hall–Kier alpha value is -1.96. The van der Waals surface area contributed by atoms with Crippen molar-refractivity contribution in [3.8, 4) is 0 Å². The monoisotopic (exact) mass is 334 g/mol. The number of benzene rings is 1. The molecule has 130 valence electrons. The molecule has 2 N–H and O–H groups in total. The number of hydrogen-bond donors (Lipinski definition) is 2. The van der Waals surface area contributed by atoms with Gasteiger partial charge in [-0.3, -0.25) is 20.4 Å². The van der Waals surface area contributed by atoms with Gasteiger partial charge in [0.05, 0.1) is 18.6 Å². The maximum Gasteiger partial charge on any atom is 0.269 e. The first-order valence-corrected chi connectivity index (χ1v) is 8.06. The van der Waals surface area contributed by atoms with Crippen LogP contribution in [0.1, 0.15) is 37.0 Å². The van der Waals surface area contributed by atoms with Gasteiger partial charge >= 0.3 is 0 Å². The van der Waals surface area contributed by atoms with E-state index in [9.17, 15) is 9.59 Å². The van der Waals surface area contributed by atoms with Crippen molar-refractivity contribution in [1.82, 2.24) is 10.9 Å². The highest BCUT2D eigenvalue weighted by molar-refractivity contribution is 5.95. The SMILES string of the molecule is CC1(C)O[C@H]2[C@@H](CC(=O)NNC(=O)c3ccccc3)OCC[C@H]2O1. The molecule has 2 amide bonds. The van der Waals surface area contributed by atoms with Crippen LogP contribution in [-0.4, -0.2) is 42.5 Å². The predicted molar refractivity (Wildman–Crippen MR) is 84.8 cm³/mol. The van der Waals surface area contributed by atoms with E-state index in [4.69, 9.17) is 14.2 Å². The number of fused-ring (bicyclic) bond motifs is 1. The highest BCUT2D eigenvalue weighted by Gasteiger charge is 2.48. The summed E-state index contributed by atoms with van der Waals surface area (Å²) >= 11 is 0. The number of amides is 2. The van der Waals surface area contributed by atoms with Crippen LogP contribution in [0.5, 0.6) is 0 Å². The molecule has 0 aliphatic carbocycles.